The van der Waals surface area contributed by atoms with Crippen LogP contribution >= 0.6 is 0 Å². The van der Waals surface area contributed by atoms with Crippen LogP contribution in [0, 0.1) is 0 Å². The molecule has 0 fully saturated rings. The lowest BCUT2D eigenvalue weighted by Crippen LogP contribution is -2.45. The fraction of sp³-hybridized carbons (Fsp3) is 1.00. The average Bonchev–Trinajstić information content (AvgIpc) is 2.24. The van der Waals surface area contributed by atoms with Gasteiger partial charge in [0.1, 0.15) is 0 Å². The van der Waals surface area contributed by atoms with Crippen molar-refractivity contribution in [1.29, 1.82) is 0 Å². The fourth-order valence-electron chi connectivity index (χ4n) is 1.46. The zero-order valence-corrected chi connectivity index (χ0v) is 11.9. The molecule has 20 heavy (non-hydrogen) atoms. The van der Waals surface area contributed by atoms with E-state index in [1.807, 2.05) is 0 Å². The van der Waals surface area contributed by atoms with Crippen molar-refractivity contribution >= 4 is 0 Å². The molecule has 8 heteroatoms. The number of hydrogen-bond acceptors (Lipinski definition) is 2. The molecule has 0 aliphatic rings. The molecule has 0 N–H and O–H groups in total. The van der Waals surface area contributed by atoms with Crippen LogP contribution in [0.1, 0.15) is 47.0 Å². The lowest BCUT2D eigenvalue weighted by atomic mass is 9.98. The van der Waals surface area contributed by atoms with Crippen LogP contribution in [0.5, 0.6) is 0 Å². The first-order valence-corrected chi connectivity index (χ1v) is 6.26. The van der Waals surface area contributed by atoms with Gasteiger partial charge >= 0.3 is 12.5 Å². The number of hydrogen-bond donors (Lipinski definition) is 0. The quantitative estimate of drug-likeness (QED) is 0.627. The smallest absolute Gasteiger partial charge is 0.366 e. The summed E-state index contributed by atoms with van der Waals surface area (Å²) in [7, 11) is 0. The number of ether oxygens (including phenoxy) is 2. The maximum absolute atomic E-state index is 12.7. The van der Waals surface area contributed by atoms with E-state index in [1.54, 1.807) is 0 Å². The molecule has 0 aliphatic carbocycles. The average molecular weight is 310 g/mol. The summed E-state index contributed by atoms with van der Waals surface area (Å²) in [6.07, 6.45) is -10.0. The normalized spacial score (nSPS) is 19.5. The summed E-state index contributed by atoms with van der Waals surface area (Å²) in [5.74, 6) is 0. The largest absolute Gasteiger partial charge is 0.523 e. The van der Waals surface area contributed by atoms with E-state index in [2.05, 4.69) is 4.74 Å². The van der Waals surface area contributed by atoms with E-state index in [-0.39, 0.29) is 19.3 Å². The molecule has 122 valence electrons. The van der Waals surface area contributed by atoms with Crippen LogP contribution in [-0.2, 0) is 9.47 Å². The molecule has 0 aromatic carbocycles. The summed E-state index contributed by atoms with van der Waals surface area (Å²) in [6, 6.07) is 0. The van der Waals surface area contributed by atoms with Gasteiger partial charge in [0.05, 0.1) is 12.2 Å². The Hall–Kier alpha value is -0.500. The van der Waals surface area contributed by atoms with E-state index < -0.39 is 30.3 Å². The highest BCUT2D eigenvalue weighted by atomic mass is 19.4. The summed E-state index contributed by atoms with van der Waals surface area (Å²) >= 11 is 0. The third-order valence-electron chi connectivity index (χ3n) is 3.44. The monoisotopic (exact) mass is 310 g/mol. The molecule has 0 spiro atoms. The van der Waals surface area contributed by atoms with Crippen LogP contribution in [0.2, 0.25) is 0 Å². The first-order chi connectivity index (χ1) is 8.79. The maximum Gasteiger partial charge on any atom is 0.523 e. The minimum atomic E-state index is -4.83. The van der Waals surface area contributed by atoms with Gasteiger partial charge in [-0.1, -0.05) is 13.8 Å². The van der Waals surface area contributed by atoms with Crippen molar-refractivity contribution in [3.05, 3.63) is 0 Å². The van der Waals surface area contributed by atoms with Crippen LogP contribution in [0.25, 0.3) is 0 Å². The lowest BCUT2D eigenvalue weighted by molar-refractivity contribution is -0.367. The van der Waals surface area contributed by atoms with Crippen molar-refractivity contribution in [1.82, 2.24) is 0 Å². The highest BCUT2D eigenvalue weighted by molar-refractivity contribution is 4.83. The Kier molecular flexibility index (Phi) is 6.35. The highest BCUT2D eigenvalue weighted by Gasteiger charge is 2.51. The van der Waals surface area contributed by atoms with Crippen LogP contribution in [0.15, 0.2) is 0 Å². The predicted octanol–water partition coefficient (Wildman–Crippen LogP) is 4.83. The van der Waals surface area contributed by atoms with E-state index in [4.69, 9.17) is 4.74 Å². The van der Waals surface area contributed by atoms with Gasteiger partial charge in [-0.05, 0) is 33.1 Å². The van der Waals surface area contributed by atoms with E-state index in [0.717, 1.165) is 6.92 Å². The molecule has 0 amide bonds. The van der Waals surface area contributed by atoms with Crippen molar-refractivity contribution in [2.24, 2.45) is 0 Å². The molecule has 0 aromatic heterocycles. The molecule has 2 nitrogen and oxygen atoms in total. The Bertz CT molecular complexity index is 301. The molecule has 0 bridgehead atoms. The molecule has 0 rings (SSSR count). The molecule has 2 atom stereocenters. The van der Waals surface area contributed by atoms with Gasteiger partial charge in [-0.2, -0.15) is 13.2 Å². The van der Waals surface area contributed by atoms with Crippen LogP contribution in [0.4, 0.5) is 26.3 Å². The first kappa shape index (κ1) is 19.5. The Balaban J connectivity index is 4.60. The highest BCUT2D eigenvalue weighted by Crippen LogP contribution is 2.37. The van der Waals surface area contributed by atoms with Crippen molar-refractivity contribution in [2.75, 3.05) is 6.61 Å². The summed E-state index contributed by atoms with van der Waals surface area (Å²) in [4.78, 5) is 0. The third-order valence-corrected chi connectivity index (χ3v) is 3.44. The molecular formula is C12H20F6O2. The molecule has 0 saturated carbocycles. The topological polar surface area (TPSA) is 18.5 Å². The number of alkyl halides is 6. The van der Waals surface area contributed by atoms with Gasteiger partial charge in [0, 0.05) is 0 Å². The second-order valence-corrected chi connectivity index (χ2v) is 5.03. The van der Waals surface area contributed by atoms with Crippen molar-refractivity contribution in [3.8, 4) is 0 Å². The van der Waals surface area contributed by atoms with Gasteiger partial charge in [-0.3, -0.25) is 4.74 Å². The summed E-state index contributed by atoms with van der Waals surface area (Å²) < 4.78 is 83.6. The Morgan fingerprint density at radius 2 is 1.35 bits per heavy atom. The summed E-state index contributed by atoms with van der Waals surface area (Å²) in [6.45, 7) is 4.37. The van der Waals surface area contributed by atoms with Crippen molar-refractivity contribution in [3.63, 3.8) is 0 Å². The standard InChI is InChI=1S/C12H20F6O2/c1-5-9(3,20-12(16,17)18)7-8-19-10(4,6-2)11(13,14)15/h5-8H2,1-4H3. The molecular weight excluding hydrogens is 290 g/mol. The SMILES string of the molecule is CCC(C)(CCOC(C)(CC)C(F)(F)F)OC(F)(F)F. The van der Waals surface area contributed by atoms with Gasteiger partial charge in [0.25, 0.3) is 0 Å². The number of rotatable bonds is 7. The van der Waals surface area contributed by atoms with E-state index in [0.29, 0.717) is 0 Å². The van der Waals surface area contributed by atoms with Gasteiger partial charge in [-0.15, -0.1) is 13.2 Å². The maximum atomic E-state index is 12.7. The minimum absolute atomic E-state index is 0.00469. The summed E-state index contributed by atoms with van der Waals surface area (Å²) in [5, 5.41) is 0. The molecule has 0 saturated heterocycles. The Labute approximate surface area is 114 Å². The summed E-state index contributed by atoms with van der Waals surface area (Å²) in [5.41, 5.74) is -3.96. The molecule has 0 aliphatic heterocycles. The zero-order valence-electron chi connectivity index (χ0n) is 11.9. The molecule has 2 unspecified atom stereocenters. The fourth-order valence-corrected chi connectivity index (χ4v) is 1.46. The second-order valence-electron chi connectivity index (χ2n) is 5.03. The molecule has 0 heterocycles. The van der Waals surface area contributed by atoms with Crippen LogP contribution in [-0.4, -0.2) is 30.3 Å². The van der Waals surface area contributed by atoms with E-state index in [9.17, 15) is 26.3 Å². The van der Waals surface area contributed by atoms with Gasteiger partial charge in [0.2, 0.25) is 0 Å². The Morgan fingerprint density at radius 1 is 0.850 bits per heavy atom. The third kappa shape index (κ3) is 5.87. The minimum Gasteiger partial charge on any atom is -0.366 e. The van der Waals surface area contributed by atoms with Crippen molar-refractivity contribution in [2.45, 2.75) is 70.7 Å². The lowest BCUT2D eigenvalue weighted by Gasteiger charge is -2.34. The van der Waals surface area contributed by atoms with Gasteiger partial charge in [-0.25, -0.2) is 0 Å². The van der Waals surface area contributed by atoms with Crippen molar-refractivity contribution < 1.29 is 35.8 Å². The predicted molar refractivity (Wildman–Crippen MR) is 61.2 cm³/mol. The molecule has 0 aromatic rings. The van der Waals surface area contributed by atoms with E-state index in [1.165, 1.54) is 20.8 Å². The second kappa shape index (κ2) is 6.51. The van der Waals surface area contributed by atoms with Crippen LogP contribution in [0.3, 0.4) is 0 Å². The Morgan fingerprint density at radius 3 is 1.65 bits per heavy atom. The van der Waals surface area contributed by atoms with Gasteiger partial charge < -0.3 is 4.74 Å². The van der Waals surface area contributed by atoms with Gasteiger partial charge in [0.15, 0.2) is 5.60 Å². The zero-order chi connectivity index (χ0) is 16.2. The van der Waals surface area contributed by atoms with Crippen LogP contribution < -0.4 is 0 Å². The van der Waals surface area contributed by atoms with E-state index >= 15 is 0 Å². The molecule has 0 radical (unpaired) electrons. The first-order valence-electron chi connectivity index (χ1n) is 6.26. The number of halogens is 6.